The van der Waals surface area contributed by atoms with Crippen LogP contribution in [0.2, 0.25) is 0 Å². The molecule has 5 aromatic rings. The van der Waals surface area contributed by atoms with Gasteiger partial charge in [-0.25, -0.2) is 9.55 Å². The molecule has 5 aromatic heterocycles. The first-order chi connectivity index (χ1) is 13.2. The second-order valence-electron chi connectivity index (χ2n) is 5.68. The SMILES string of the molecule is COCc1nc2ncc3c(=O)n(-c4n[nH]c(-c5cccs5)n4)ccc3n2n1. The molecule has 0 fully saturated rings. The van der Waals surface area contributed by atoms with Crippen molar-refractivity contribution < 1.29 is 4.74 Å². The summed E-state index contributed by atoms with van der Waals surface area (Å²) in [6, 6.07) is 5.62. The zero-order chi connectivity index (χ0) is 18.4. The predicted octanol–water partition coefficient (Wildman–Crippen LogP) is 1.42. The van der Waals surface area contributed by atoms with Crippen molar-refractivity contribution in [2.24, 2.45) is 0 Å². The number of rotatable bonds is 4. The number of hydrogen-bond acceptors (Lipinski definition) is 8. The topological polar surface area (TPSA) is 116 Å². The summed E-state index contributed by atoms with van der Waals surface area (Å²) in [6.07, 6.45) is 3.10. The monoisotopic (exact) mass is 380 g/mol. The molecule has 0 aliphatic carbocycles. The number of aromatic amines is 1. The normalized spacial score (nSPS) is 11.6. The van der Waals surface area contributed by atoms with Crippen LogP contribution < -0.4 is 5.56 Å². The van der Waals surface area contributed by atoms with Crippen molar-refractivity contribution in [1.82, 2.24) is 39.3 Å². The van der Waals surface area contributed by atoms with Gasteiger partial charge in [0.25, 0.3) is 17.3 Å². The molecule has 0 aliphatic heterocycles. The summed E-state index contributed by atoms with van der Waals surface area (Å²) in [5, 5.41) is 13.7. The molecule has 0 aliphatic rings. The Hall–Kier alpha value is -3.44. The van der Waals surface area contributed by atoms with E-state index in [1.807, 2.05) is 17.5 Å². The molecule has 27 heavy (non-hydrogen) atoms. The van der Waals surface area contributed by atoms with Gasteiger partial charge in [0.1, 0.15) is 6.61 Å². The van der Waals surface area contributed by atoms with Gasteiger partial charge < -0.3 is 4.74 Å². The van der Waals surface area contributed by atoms with Crippen molar-refractivity contribution in [3.8, 4) is 16.6 Å². The highest BCUT2D eigenvalue weighted by Crippen LogP contribution is 2.21. The van der Waals surface area contributed by atoms with E-state index in [0.717, 1.165) is 4.88 Å². The smallest absolute Gasteiger partial charge is 0.268 e. The van der Waals surface area contributed by atoms with Gasteiger partial charge in [-0.15, -0.1) is 21.5 Å². The number of hydrogen-bond donors (Lipinski definition) is 1. The summed E-state index contributed by atoms with van der Waals surface area (Å²) < 4.78 is 7.96. The van der Waals surface area contributed by atoms with E-state index in [1.165, 1.54) is 26.6 Å². The lowest BCUT2D eigenvalue weighted by molar-refractivity contribution is 0.178. The number of fused-ring (bicyclic) bond motifs is 3. The molecule has 0 radical (unpaired) electrons. The van der Waals surface area contributed by atoms with Crippen LogP contribution in [0.4, 0.5) is 0 Å². The van der Waals surface area contributed by atoms with Crippen molar-refractivity contribution >= 4 is 28.0 Å². The first kappa shape index (κ1) is 15.8. The van der Waals surface area contributed by atoms with Crippen molar-refractivity contribution in [2.75, 3.05) is 7.11 Å². The van der Waals surface area contributed by atoms with Crippen LogP contribution in [0.3, 0.4) is 0 Å². The van der Waals surface area contributed by atoms with Gasteiger partial charge >= 0.3 is 0 Å². The molecule has 0 saturated heterocycles. The van der Waals surface area contributed by atoms with Gasteiger partial charge in [-0.2, -0.15) is 14.5 Å². The molecular formula is C16H12N8O2S. The maximum Gasteiger partial charge on any atom is 0.268 e. The Labute approximate surface area is 155 Å². The zero-order valence-electron chi connectivity index (χ0n) is 14.0. The molecule has 0 saturated carbocycles. The van der Waals surface area contributed by atoms with E-state index in [-0.39, 0.29) is 18.1 Å². The summed E-state index contributed by atoms with van der Waals surface area (Å²) in [4.78, 5) is 26.8. The van der Waals surface area contributed by atoms with E-state index in [1.54, 1.807) is 19.4 Å². The first-order valence-electron chi connectivity index (χ1n) is 7.96. The summed E-state index contributed by atoms with van der Waals surface area (Å²) >= 11 is 1.54. The summed E-state index contributed by atoms with van der Waals surface area (Å²) in [7, 11) is 1.57. The molecular weight excluding hydrogens is 368 g/mol. The first-order valence-corrected chi connectivity index (χ1v) is 8.84. The Kier molecular flexibility index (Phi) is 3.55. The lowest BCUT2D eigenvalue weighted by Gasteiger charge is -2.03. The minimum absolute atomic E-state index is 0.268. The van der Waals surface area contributed by atoms with Crippen LogP contribution in [0.15, 0.2) is 40.8 Å². The van der Waals surface area contributed by atoms with E-state index in [9.17, 15) is 4.79 Å². The minimum atomic E-state index is -0.289. The number of methoxy groups -OCH3 is 1. The fourth-order valence-electron chi connectivity index (χ4n) is 2.79. The van der Waals surface area contributed by atoms with Crippen molar-refractivity contribution in [2.45, 2.75) is 6.61 Å². The molecule has 11 heteroatoms. The van der Waals surface area contributed by atoms with Crippen LogP contribution in [-0.2, 0) is 11.3 Å². The van der Waals surface area contributed by atoms with Gasteiger partial charge in [0.05, 0.1) is 15.8 Å². The molecule has 5 heterocycles. The second kappa shape index (κ2) is 6.07. The number of nitrogens with one attached hydrogen (secondary N) is 1. The Bertz CT molecular complexity index is 1320. The van der Waals surface area contributed by atoms with E-state index in [2.05, 4.69) is 30.2 Å². The molecule has 10 nitrogen and oxygen atoms in total. The number of nitrogens with zero attached hydrogens (tertiary/aromatic N) is 7. The van der Waals surface area contributed by atoms with Crippen molar-refractivity contribution in [3.05, 3.63) is 52.2 Å². The van der Waals surface area contributed by atoms with Gasteiger partial charge in [-0.3, -0.25) is 9.89 Å². The quantitative estimate of drug-likeness (QED) is 0.501. The lowest BCUT2D eigenvalue weighted by atomic mass is 10.3. The lowest BCUT2D eigenvalue weighted by Crippen LogP contribution is -2.20. The van der Waals surface area contributed by atoms with Gasteiger partial charge in [0.2, 0.25) is 0 Å². The van der Waals surface area contributed by atoms with Gasteiger partial charge in [0, 0.05) is 19.5 Å². The molecule has 0 unspecified atom stereocenters. The molecule has 5 rings (SSSR count). The highest BCUT2D eigenvalue weighted by atomic mass is 32.1. The molecule has 0 bridgehead atoms. The van der Waals surface area contributed by atoms with Gasteiger partial charge in [-0.1, -0.05) is 6.07 Å². The van der Waals surface area contributed by atoms with Crippen molar-refractivity contribution in [1.29, 1.82) is 0 Å². The maximum atomic E-state index is 12.9. The number of pyridine rings is 1. The Morgan fingerprint density at radius 3 is 3.04 bits per heavy atom. The Morgan fingerprint density at radius 1 is 1.30 bits per heavy atom. The number of H-pyrrole nitrogens is 1. The van der Waals surface area contributed by atoms with Crippen LogP contribution in [0.1, 0.15) is 5.82 Å². The third-order valence-corrected chi connectivity index (χ3v) is 4.87. The van der Waals surface area contributed by atoms with Gasteiger partial charge in [-0.05, 0) is 17.5 Å². The number of thiophene rings is 1. The molecule has 1 N–H and O–H groups in total. The summed E-state index contributed by atoms with van der Waals surface area (Å²) in [6.45, 7) is 0.268. The third-order valence-electron chi connectivity index (χ3n) is 3.99. The van der Waals surface area contributed by atoms with Crippen LogP contribution in [-0.4, -0.2) is 46.4 Å². The van der Waals surface area contributed by atoms with Crippen LogP contribution >= 0.6 is 11.3 Å². The van der Waals surface area contributed by atoms with Crippen LogP contribution in [0, 0.1) is 0 Å². The van der Waals surface area contributed by atoms with Crippen LogP contribution in [0.5, 0.6) is 0 Å². The molecule has 0 amide bonds. The maximum absolute atomic E-state index is 12.9. The Morgan fingerprint density at radius 2 is 2.22 bits per heavy atom. The van der Waals surface area contributed by atoms with Crippen LogP contribution in [0.25, 0.3) is 33.3 Å². The minimum Gasteiger partial charge on any atom is -0.377 e. The average molecular weight is 380 g/mol. The van der Waals surface area contributed by atoms with E-state index >= 15 is 0 Å². The van der Waals surface area contributed by atoms with E-state index in [0.29, 0.717) is 28.3 Å². The Balaban J connectivity index is 1.65. The number of ether oxygens (including phenoxy) is 1. The predicted molar refractivity (Wildman–Crippen MR) is 97.9 cm³/mol. The fraction of sp³-hybridized carbons (Fsp3) is 0.125. The second-order valence-corrected chi connectivity index (χ2v) is 6.63. The molecule has 0 atom stereocenters. The molecule has 0 spiro atoms. The highest BCUT2D eigenvalue weighted by molar-refractivity contribution is 7.13. The molecule has 0 aromatic carbocycles. The summed E-state index contributed by atoms with van der Waals surface area (Å²) in [5.74, 6) is 1.78. The molecule has 134 valence electrons. The van der Waals surface area contributed by atoms with Gasteiger partial charge in [0.15, 0.2) is 11.6 Å². The average Bonchev–Trinajstić information content (AvgIpc) is 3.41. The van der Waals surface area contributed by atoms with E-state index < -0.39 is 0 Å². The van der Waals surface area contributed by atoms with E-state index in [4.69, 9.17) is 4.74 Å². The zero-order valence-corrected chi connectivity index (χ0v) is 14.8. The highest BCUT2D eigenvalue weighted by Gasteiger charge is 2.14. The third kappa shape index (κ3) is 2.52. The van der Waals surface area contributed by atoms with Crippen molar-refractivity contribution in [3.63, 3.8) is 0 Å². The summed E-state index contributed by atoms with van der Waals surface area (Å²) in [5.41, 5.74) is 0.313. The number of aromatic nitrogens is 8. The largest absolute Gasteiger partial charge is 0.377 e. The standard InChI is InChI=1S/C16H12N8O2S/c1-26-8-12-18-15-17-7-9-10(24(15)22-12)4-5-23(14(9)25)16-19-13(20-21-16)11-3-2-6-27-11/h2-7H,8H2,1H3,(H,19,20,21). The fourth-order valence-corrected chi connectivity index (χ4v) is 3.46.